The van der Waals surface area contributed by atoms with Crippen LogP contribution in [0.1, 0.15) is 5.56 Å². The number of hydrogen-bond donors (Lipinski definition) is 2. The quantitative estimate of drug-likeness (QED) is 0.887. The van der Waals surface area contributed by atoms with Crippen molar-refractivity contribution in [1.29, 1.82) is 0 Å². The molecule has 14 heavy (non-hydrogen) atoms. The lowest BCUT2D eigenvalue weighted by Gasteiger charge is -2.01. The third-order valence-corrected chi connectivity index (χ3v) is 2.05. The summed E-state index contributed by atoms with van der Waals surface area (Å²) in [6, 6.07) is 7.74. The van der Waals surface area contributed by atoms with Crippen molar-refractivity contribution in [2.45, 2.75) is 6.54 Å². The van der Waals surface area contributed by atoms with Gasteiger partial charge >= 0.3 is 5.97 Å². The smallest absolute Gasteiger partial charge is 0.317 e. The minimum Gasteiger partial charge on any atom is -0.480 e. The third kappa shape index (κ3) is 5.21. The van der Waals surface area contributed by atoms with Crippen LogP contribution in [0, 0.1) is 0 Å². The molecule has 0 aromatic heterocycles. The van der Waals surface area contributed by atoms with Crippen molar-refractivity contribution >= 4 is 34.3 Å². The van der Waals surface area contributed by atoms with Gasteiger partial charge in [0.1, 0.15) is 0 Å². The highest BCUT2D eigenvalue weighted by molar-refractivity contribution is 9.10. The molecule has 0 bridgehead atoms. The second kappa shape index (κ2) is 6.81. The Balaban J connectivity index is 0.00000169. The van der Waals surface area contributed by atoms with Gasteiger partial charge in [-0.2, -0.15) is 0 Å². The van der Waals surface area contributed by atoms with Crippen molar-refractivity contribution in [3.63, 3.8) is 0 Å². The second-order valence-corrected chi connectivity index (χ2v) is 3.54. The van der Waals surface area contributed by atoms with Crippen molar-refractivity contribution in [3.8, 4) is 0 Å². The molecule has 0 unspecified atom stereocenters. The molecule has 0 amide bonds. The van der Waals surface area contributed by atoms with E-state index in [1.807, 2.05) is 24.3 Å². The molecule has 0 aliphatic carbocycles. The summed E-state index contributed by atoms with van der Waals surface area (Å²) in [7, 11) is 0. The van der Waals surface area contributed by atoms with E-state index in [1.54, 1.807) is 0 Å². The molecular weight excluding hydrogens is 269 g/mol. The Bertz CT molecular complexity index is 289. The first-order valence-corrected chi connectivity index (χ1v) is 4.65. The molecule has 0 saturated heterocycles. The number of rotatable bonds is 4. The van der Waals surface area contributed by atoms with Crippen LogP contribution in [0.15, 0.2) is 28.7 Å². The lowest BCUT2D eigenvalue weighted by Crippen LogP contribution is -2.21. The third-order valence-electron chi connectivity index (χ3n) is 1.52. The normalized spacial score (nSPS) is 9.21. The summed E-state index contributed by atoms with van der Waals surface area (Å²) in [4.78, 5) is 10.2. The highest BCUT2D eigenvalue weighted by atomic mass is 79.9. The molecule has 78 valence electrons. The number of nitrogens with one attached hydrogen (secondary N) is 1. The number of aliphatic carboxylic acids is 1. The van der Waals surface area contributed by atoms with Crippen LogP contribution in [-0.4, -0.2) is 17.6 Å². The Kier molecular flexibility index (Phi) is 6.53. The molecule has 2 N–H and O–H groups in total. The minimum atomic E-state index is -0.836. The van der Waals surface area contributed by atoms with Gasteiger partial charge in [-0.3, -0.25) is 4.79 Å². The van der Waals surface area contributed by atoms with Crippen LogP contribution in [0.2, 0.25) is 0 Å². The van der Waals surface area contributed by atoms with Gasteiger partial charge in [-0.05, 0) is 17.7 Å². The van der Waals surface area contributed by atoms with Crippen molar-refractivity contribution in [3.05, 3.63) is 34.3 Å². The van der Waals surface area contributed by atoms with E-state index in [-0.39, 0.29) is 19.0 Å². The Morgan fingerprint density at radius 1 is 1.36 bits per heavy atom. The first-order chi connectivity index (χ1) is 6.18. The van der Waals surface area contributed by atoms with Gasteiger partial charge in [0.25, 0.3) is 0 Å². The summed E-state index contributed by atoms with van der Waals surface area (Å²) >= 11 is 3.32. The SMILES string of the molecule is Cl.O=C(O)CNCc1ccc(Br)cc1. The molecule has 3 nitrogen and oxygen atoms in total. The zero-order valence-corrected chi connectivity index (χ0v) is 9.77. The number of carbonyl (C=O) groups is 1. The number of carboxylic acid groups (broad SMARTS) is 1. The number of carboxylic acids is 1. The molecule has 0 aliphatic heterocycles. The number of hydrogen-bond acceptors (Lipinski definition) is 2. The molecule has 1 aromatic rings. The van der Waals surface area contributed by atoms with Crippen LogP contribution >= 0.6 is 28.3 Å². The lowest BCUT2D eigenvalue weighted by atomic mass is 10.2. The molecule has 0 radical (unpaired) electrons. The first kappa shape index (κ1) is 13.4. The Morgan fingerprint density at radius 3 is 2.43 bits per heavy atom. The molecule has 5 heteroatoms. The summed E-state index contributed by atoms with van der Waals surface area (Å²) in [5.41, 5.74) is 1.07. The van der Waals surface area contributed by atoms with Crippen molar-refractivity contribution < 1.29 is 9.90 Å². The van der Waals surface area contributed by atoms with Gasteiger partial charge in [-0.25, -0.2) is 0 Å². The molecule has 0 aliphatic rings. The van der Waals surface area contributed by atoms with Crippen LogP contribution in [-0.2, 0) is 11.3 Å². The zero-order valence-electron chi connectivity index (χ0n) is 7.37. The van der Waals surface area contributed by atoms with E-state index in [4.69, 9.17) is 5.11 Å². The lowest BCUT2D eigenvalue weighted by molar-refractivity contribution is -0.135. The van der Waals surface area contributed by atoms with Gasteiger partial charge in [-0.15, -0.1) is 12.4 Å². The summed E-state index contributed by atoms with van der Waals surface area (Å²) in [5, 5.41) is 11.2. The summed E-state index contributed by atoms with van der Waals surface area (Å²) in [5.74, 6) is -0.836. The van der Waals surface area contributed by atoms with Gasteiger partial charge < -0.3 is 10.4 Å². The monoisotopic (exact) mass is 279 g/mol. The highest BCUT2D eigenvalue weighted by Crippen LogP contribution is 2.09. The first-order valence-electron chi connectivity index (χ1n) is 3.85. The summed E-state index contributed by atoms with van der Waals surface area (Å²) in [6.45, 7) is 0.579. The largest absolute Gasteiger partial charge is 0.480 e. The van der Waals surface area contributed by atoms with Gasteiger partial charge in [0.15, 0.2) is 0 Å². The fourth-order valence-electron chi connectivity index (χ4n) is 0.916. The maximum Gasteiger partial charge on any atom is 0.317 e. The van der Waals surface area contributed by atoms with E-state index >= 15 is 0 Å². The standard InChI is InChI=1S/C9H10BrNO2.ClH/c10-8-3-1-7(2-4-8)5-11-6-9(12)13;/h1-4,11H,5-6H2,(H,12,13);1H. The molecule has 0 saturated carbocycles. The van der Waals surface area contributed by atoms with Crippen molar-refractivity contribution in [2.75, 3.05) is 6.54 Å². The van der Waals surface area contributed by atoms with Gasteiger partial charge in [0.2, 0.25) is 0 Å². The van der Waals surface area contributed by atoms with E-state index in [0.717, 1.165) is 10.0 Å². The van der Waals surface area contributed by atoms with Gasteiger partial charge in [0, 0.05) is 11.0 Å². The van der Waals surface area contributed by atoms with E-state index in [9.17, 15) is 4.79 Å². The number of benzene rings is 1. The van der Waals surface area contributed by atoms with Gasteiger partial charge in [-0.1, -0.05) is 28.1 Å². The van der Waals surface area contributed by atoms with Crippen LogP contribution in [0.4, 0.5) is 0 Å². The Labute approximate surface area is 97.1 Å². The van der Waals surface area contributed by atoms with E-state index in [2.05, 4.69) is 21.2 Å². The van der Waals surface area contributed by atoms with Crippen LogP contribution in [0.25, 0.3) is 0 Å². The molecule has 0 heterocycles. The van der Waals surface area contributed by atoms with E-state index in [0.29, 0.717) is 6.54 Å². The molecule has 1 aromatic carbocycles. The average Bonchev–Trinajstić information content (AvgIpc) is 2.08. The van der Waals surface area contributed by atoms with Crippen molar-refractivity contribution in [2.24, 2.45) is 0 Å². The van der Waals surface area contributed by atoms with Crippen LogP contribution in [0.5, 0.6) is 0 Å². The Hall–Kier alpha value is -0.580. The number of halogens is 2. The molecule has 0 spiro atoms. The predicted molar refractivity (Wildman–Crippen MR) is 60.7 cm³/mol. The average molecular weight is 281 g/mol. The van der Waals surface area contributed by atoms with Gasteiger partial charge in [0.05, 0.1) is 6.54 Å². The zero-order chi connectivity index (χ0) is 9.68. The maximum atomic E-state index is 10.2. The molecule has 0 atom stereocenters. The second-order valence-electron chi connectivity index (χ2n) is 2.62. The highest BCUT2D eigenvalue weighted by Gasteiger charge is 1.96. The predicted octanol–water partition coefficient (Wildman–Crippen LogP) is 2.05. The van der Waals surface area contributed by atoms with Crippen LogP contribution in [0.3, 0.4) is 0 Å². The molecule has 1 rings (SSSR count). The Morgan fingerprint density at radius 2 is 1.93 bits per heavy atom. The molecular formula is C9H11BrClNO2. The minimum absolute atomic E-state index is 0. The maximum absolute atomic E-state index is 10.2. The summed E-state index contributed by atoms with van der Waals surface area (Å²) < 4.78 is 1.02. The van der Waals surface area contributed by atoms with Crippen LogP contribution < -0.4 is 5.32 Å². The van der Waals surface area contributed by atoms with E-state index < -0.39 is 5.97 Å². The topological polar surface area (TPSA) is 49.3 Å². The summed E-state index contributed by atoms with van der Waals surface area (Å²) in [6.07, 6.45) is 0. The van der Waals surface area contributed by atoms with Crippen molar-refractivity contribution in [1.82, 2.24) is 5.32 Å². The molecule has 0 fully saturated rings. The fraction of sp³-hybridized carbons (Fsp3) is 0.222. The fourth-order valence-corrected chi connectivity index (χ4v) is 1.18. The van der Waals surface area contributed by atoms with E-state index in [1.165, 1.54) is 0 Å².